The fourth-order valence-corrected chi connectivity index (χ4v) is 6.25. The normalized spacial score (nSPS) is 17.7. The number of nitrogens with zero attached hydrogens (tertiary/aromatic N) is 4. The van der Waals surface area contributed by atoms with Crippen LogP contribution in [0.4, 0.5) is 0 Å². The quantitative estimate of drug-likeness (QED) is 0.131. The number of hydrogen-bond acceptors (Lipinski definition) is 7. The predicted octanol–water partition coefficient (Wildman–Crippen LogP) is 6.62. The summed E-state index contributed by atoms with van der Waals surface area (Å²) < 4.78 is 52.9. The third-order valence-electron chi connectivity index (χ3n) is 8.23. The zero-order chi connectivity index (χ0) is 29.8. The van der Waals surface area contributed by atoms with Gasteiger partial charge >= 0.3 is 0 Å². The second kappa shape index (κ2) is 12.9. The molecule has 1 aliphatic heterocycles. The minimum absolute atomic E-state index is 0.0873. The molecule has 1 unspecified atom stereocenters. The highest BCUT2D eigenvalue weighted by molar-refractivity contribution is 7.85. The Morgan fingerprint density at radius 3 is 2.66 bits per heavy atom. The second-order valence-electron chi connectivity index (χ2n) is 12.6. The van der Waals surface area contributed by atoms with Gasteiger partial charge in [0.2, 0.25) is 8.32 Å². The molecule has 0 aliphatic carbocycles. The minimum Gasteiger partial charge on any atom is -0.543 e. The van der Waals surface area contributed by atoms with E-state index in [1.54, 1.807) is 0 Å². The summed E-state index contributed by atoms with van der Waals surface area (Å²) in [7, 11) is -5.92. The van der Waals surface area contributed by atoms with E-state index in [4.69, 9.17) is 23.6 Å². The summed E-state index contributed by atoms with van der Waals surface area (Å²) in [6, 6.07) is 6.39. The van der Waals surface area contributed by atoms with Gasteiger partial charge < -0.3 is 13.9 Å². The molecule has 3 aromatic rings. The molecule has 0 saturated carbocycles. The van der Waals surface area contributed by atoms with Crippen LogP contribution in [0.2, 0.25) is 18.1 Å². The maximum absolute atomic E-state index is 10.8. The number of benzene rings is 1. The largest absolute Gasteiger partial charge is 0.543 e. The Kier molecular flexibility index (Phi) is 10.0. The molecular weight excluding hydrogens is 560 g/mol. The van der Waals surface area contributed by atoms with Gasteiger partial charge in [0.05, 0.1) is 23.5 Å². The van der Waals surface area contributed by atoms with E-state index >= 15 is 0 Å². The third kappa shape index (κ3) is 8.19. The van der Waals surface area contributed by atoms with Crippen molar-refractivity contribution in [1.29, 1.82) is 0 Å². The smallest absolute Gasteiger partial charge is 0.264 e. The van der Waals surface area contributed by atoms with Crippen LogP contribution in [0.3, 0.4) is 0 Å². The molecule has 0 spiro atoms. The van der Waals surface area contributed by atoms with Crippen molar-refractivity contribution >= 4 is 29.3 Å². The van der Waals surface area contributed by atoms with Gasteiger partial charge in [-0.25, -0.2) is 4.68 Å². The molecule has 1 aliphatic rings. The lowest BCUT2D eigenvalue weighted by molar-refractivity contribution is -0.0365. The first-order valence-electron chi connectivity index (χ1n) is 14.7. The molecule has 1 fully saturated rings. The van der Waals surface area contributed by atoms with Crippen molar-refractivity contribution in [1.82, 2.24) is 19.6 Å². The van der Waals surface area contributed by atoms with E-state index < -0.39 is 18.4 Å². The first-order chi connectivity index (χ1) is 19.2. The average molecular weight is 607 g/mol. The van der Waals surface area contributed by atoms with Crippen LogP contribution in [0.25, 0.3) is 22.2 Å². The van der Waals surface area contributed by atoms with Crippen LogP contribution in [0, 0.1) is 0 Å². The molecule has 1 aromatic carbocycles. The van der Waals surface area contributed by atoms with Crippen LogP contribution in [0.5, 0.6) is 5.75 Å². The standard InChI is InChI=1S/C29H46N4O6SSi/c1-22(14-17-37-15-9-10-18-40(34,35)36)32-21-23(20-30-32)28-25-19-24(39-41(5,6)29(2,3)4)12-13-26(25)33(31-28)27-11-7-8-16-38-27/h12-13,19-22,27H,7-11,14-18H2,1-6H3,(H,34,35,36)/t22-,27?/m0/s1. The Hall–Kier alpha value is -2.25. The number of fused-ring (bicyclic) bond motifs is 1. The highest BCUT2D eigenvalue weighted by atomic mass is 32.2. The lowest BCUT2D eigenvalue weighted by Gasteiger charge is -2.36. The van der Waals surface area contributed by atoms with Crippen molar-refractivity contribution in [3.8, 4) is 17.0 Å². The number of rotatable bonds is 13. The van der Waals surface area contributed by atoms with Crippen LogP contribution in [0.15, 0.2) is 30.6 Å². The second-order valence-corrected chi connectivity index (χ2v) is 18.9. The van der Waals surface area contributed by atoms with E-state index in [9.17, 15) is 8.42 Å². The molecule has 12 heteroatoms. The molecule has 0 radical (unpaired) electrons. The number of unbranched alkanes of at least 4 members (excludes halogenated alkanes) is 1. The molecule has 2 atom stereocenters. The predicted molar refractivity (Wildman–Crippen MR) is 163 cm³/mol. The van der Waals surface area contributed by atoms with Gasteiger partial charge in [-0.15, -0.1) is 0 Å². The zero-order valence-electron chi connectivity index (χ0n) is 25.3. The van der Waals surface area contributed by atoms with E-state index in [0.717, 1.165) is 60.2 Å². The number of aromatic nitrogens is 4. The molecule has 3 heterocycles. The highest BCUT2D eigenvalue weighted by Gasteiger charge is 2.39. The highest BCUT2D eigenvalue weighted by Crippen LogP contribution is 2.40. The van der Waals surface area contributed by atoms with E-state index in [0.29, 0.717) is 26.1 Å². The number of hydrogen-bond donors (Lipinski definition) is 1. The van der Waals surface area contributed by atoms with Crippen molar-refractivity contribution in [2.24, 2.45) is 0 Å². The lowest BCUT2D eigenvalue weighted by Crippen LogP contribution is -2.43. The van der Waals surface area contributed by atoms with E-state index in [-0.39, 0.29) is 23.1 Å². The van der Waals surface area contributed by atoms with Crippen LogP contribution < -0.4 is 4.43 Å². The van der Waals surface area contributed by atoms with Gasteiger partial charge in [-0.2, -0.15) is 18.6 Å². The summed E-state index contributed by atoms with van der Waals surface area (Å²) >= 11 is 0. The SMILES string of the molecule is C[C@@H](CCOCCCCS(=O)(=O)O)n1cc(-c2nn(C3CCCCO3)c3ccc(O[Si](C)(C)C(C)(C)C)cc23)cn1. The van der Waals surface area contributed by atoms with Crippen molar-refractivity contribution in [3.63, 3.8) is 0 Å². The Morgan fingerprint density at radius 2 is 1.98 bits per heavy atom. The van der Waals surface area contributed by atoms with Gasteiger partial charge in [0.25, 0.3) is 10.1 Å². The van der Waals surface area contributed by atoms with Crippen LogP contribution in [-0.2, 0) is 19.6 Å². The van der Waals surface area contributed by atoms with Crippen molar-refractivity contribution in [3.05, 3.63) is 30.6 Å². The zero-order valence-corrected chi connectivity index (χ0v) is 27.1. The summed E-state index contributed by atoms with van der Waals surface area (Å²) in [6.45, 7) is 15.1. The molecule has 41 heavy (non-hydrogen) atoms. The fourth-order valence-electron chi connectivity index (χ4n) is 4.66. The Labute approximate surface area is 245 Å². The Balaban J connectivity index is 1.51. The van der Waals surface area contributed by atoms with E-state index in [1.165, 1.54) is 0 Å². The van der Waals surface area contributed by atoms with Crippen molar-refractivity contribution < 1.29 is 26.9 Å². The molecule has 10 nitrogen and oxygen atoms in total. The molecule has 1 saturated heterocycles. The van der Waals surface area contributed by atoms with E-state index in [1.807, 2.05) is 21.8 Å². The van der Waals surface area contributed by atoms with Crippen LogP contribution in [0.1, 0.15) is 78.5 Å². The van der Waals surface area contributed by atoms with Crippen LogP contribution >= 0.6 is 0 Å². The fraction of sp³-hybridized carbons (Fsp3) is 0.655. The lowest BCUT2D eigenvalue weighted by atomic mass is 10.1. The molecular formula is C29H46N4O6SSi. The van der Waals surface area contributed by atoms with Gasteiger partial charge in [0.1, 0.15) is 11.4 Å². The van der Waals surface area contributed by atoms with Crippen molar-refractivity contribution in [2.45, 2.75) is 96.6 Å². The molecule has 228 valence electrons. The number of ether oxygens (including phenoxy) is 2. The maximum Gasteiger partial charge on any atom is 0.264 e. The summed E-state index contributed by atoms with van der Waals surface area (Å²) in [5.41, 5.74) is 2.83. The first kappa shape index (κ1) is 31.7. The summed E-state index contributed by atoms with van der Waals surface area (Å²) in [4.78, 5) is 0. The average Bonchev–Trinajstić information content (AvgIpc) is 3.52. The van der Waals surface area contributed by atoms with Gasteiger partial charge in [-0.05, 0) is 81.8 Å². The van der Waals surface area contributed by atoms with Gasteiger partial charge in [0, 0.05) is 37.0 Å². The minimum atomic E-state index is -3.91. The van der Waals surface area contributed by atoms with Gasteiger partial charge in [0.15, 0.2) is 6.23 Å². The first-order valence-corrected chi connectivity index (χ1v) is 19.2. The monoisotopic (exact) mass is 606 g/mol. The molecule has 4 rings (SSSR count). The Morgan fingerprint density at radius 1 is 1.20 bits per heavy atom. The topological polar surface area (TPSA) is 118 Å². The summed E-state index contributed by atoms with van der Waals surface area (Å²) in [5, 5.41) is 10.8. The Bertz CT molecular complexity index is 1410. The molecule has 0 bridgehead atoms. The van der Waals surface area contributed by atoms with Crippen LogP contribution in [-0.4, -0.2) is 66.4 Å². The molecule has 0 amide bonds. The van der Waals surface area contributed by atoms with E-state index in [2.05, 4.69) is 64.1 Å². The van der Waals surface area contributed by atoms with Gasteiger partial charge in [-0.3, -0.25) is 9.23 Å². The summed E-state index contributed by atoms with van der Waals surface area (Å²) in [5.74, 6) is 0.633. The van der Waals surface area contributed by atoms with Crippen molar-refractivity contribution in [2.75, 3.05) is 25.6 Å². The summed E-state index contributed by atoms with van der Waals surface area (Å²) in [6.07, 6.45) is 8.66. The third-order valence-corrected chi connectivity index (χ3v) is 13.4. The molecule has 2 aromatic heterocycles. The maximum atomic E-state index is 10.8. The molecule has 1 N–H and O–H groups in total. The van der Waals surface area contributed by atoms with Gasteiger partial charge in [-0.1, -0.05) is 20.8 Å².